The molecule has 0 aliphatic rings. The summed E-state index contributed by atoms with van der Waals surface area (Å²) in [4.78, 5) is 13.8. The summed E-state index contributed by atoms with van der Waals surface area (Å²) in [5.41, 5.74) is 3.86. The first-order valence-corrected chi connectivity index (χ1v) is 5.47. The zero-order chi connectivity index (χ0) is 12.4. The van der Waals surface area contributed by atoms with Crippen molar-refractivity contribution in [1.82, 2.24) is 14.8 Å². The van der Waals surface area contributed by atoms with Crippen LogP contribution in [0.3, 0.4) is 0 Å². The molecule has 2 aromatic rings. The molecule has 0 radical (unpaired) electrons. The lowest BCUT2D eigenvalue weighted by Gasteiger charge is -2.03. The van der Waals surface area contributed by atoms with E-state index in [2.05, 4.69) is 10.1 Å². The van der Waals surface area contributed by atoms with Crippen LogP contribution in [0, 0.1) is 6.92 Å². The minimum atomic E-state index is -0.790. The van der Waals surface area contributed by atoms with E-state index < -0.39 is 5.97 Å². The number of aryl methyl sites for hydroxylation is 2. The molecule has 0 atom stereocenters. The van der Waals surface area contributed by atoms with Gasteiger partial charge in [0.15, 0.2) is 0 Å². The van der Waals surface area contributed by atoms with E-state index in [1.807, 2.05) is 32.3 Å². The maximum atomic E-state index is 10.7. The number of rotatable bonds is 4. The molecule has 5 heteroatoms. The second-order valence-corrected chi connectivity index (χ2v) is 4.01. The van der Waals surface area contributed by atoms with Crippen LogP contribution in [0.5, 0.6) is 0 Å². The van der Waals surface area contributed by atoms with E-state index in [-0.39, 0.29) is 6.42 Å². The summed E-state index contributed by atoms with van der Waals surface area (Å²) in [6.07, 6.45) is 2.45. The van der Waals surface area contributed by atoms with Crippen molar-refractivity contribution in [3.63, 3.8) is 0 Å². The largest absolute Gasteiger partial charge is 0.481 e. The number of carbonyl (C=O) groups is 1. The highest BCUT2D eigenvalue weighted by molar-refractivity contribution is 5.69. The Labute approximate surface area is 99.1 Å². The minimum absolute atomic E-state index is 0.118. The molecule has 17 heavy (non-hydrogen) atoms. The number of carboxylic acids is 1. The van der Waals surface area contributed by atoms with Crippen LogP contribution in [0.25, 0.3) is 11.3 Å². The highest BCUT2D eigenvalue weighted by Gasteiger charge is 2.16. The number of H-pyrrole nitrogens is 1. The second kappa shape index (κ2) is 4.45. The predicted molar refractivity (Wildman–Crippen MR) is 63.7 cm³/mol. The van der Waals surface area contributed by atoms with Gasteiger partial charge in [0.25, 0.3) is 0 Å². The van der Waals surface area contributed by atoms with Crippen LogP contribution in [0.4, 0.5) is 0 Å². The molecule has 0 amide bonds. The van der Waals surface area contributed by atoms with Crippen LogP contribution in [0.1, 0.15) is 17.8 Å². The van der Waals surface area contributed by atoms with E-state index in [9.17, 15) is 4.79 Å². The van der Waals surface area contributed by atoms with E-state index in [4.69, 9.17) is 5.11 Å². The monoisotopic (exact) mass is 233 g/mol. The predicted octanol–water partition coefficient (Wildman–Crippen LogP) is 1.74. The number of hydrogen-bond donors (Lipinski definition) is 2. The van der Waals surface area contributed by atoms with Crippen LogP contribution in [-0.4, -0.2) is 25.8 Å². The Morgan fingerprint density at radius 1 is 1.59 bits per heavy atom. The van der Waals surface area contributed by atoms with Gasteiger partial charge in [0, 0.05) is 36.6 Å². The molecular weight excluding hydrogens is 218 g/mol. The van der Waals surface area contributed by atoms with Crippen LogP contribution in [0.15, 0.2) is 18.3 Å². The number of nitrogens with one attached hydrogen (secondary N) is 1. The van der Waals surface area contributed by atoms with Crippen molar-refractivity contribution >= 4 is 5.97 Å². The van der Waals surface area contributed by atoms with E-state index in [0.717, 1.165) is 22.6 Å². The van der Waals surface area contributed by atoms with Gasteiger partial charge in [-0.1, -0.05) is 0 Å². The second-order valence-electron chi connectivity index (χ2n) is 4.01. The lowest BCUT2D eigenvalue weighted by molar-refractivity contribution is -0.136. The molecule has 0 unspecified atom stereocenters. The first kappa shape index (κ1) is 11.4. The van der Waals surface area contributed by atoms with Gasteiger partial charge in [-0.2, -0.15) is 5.10 Å². The van der Waals surface area contributed by atoms with Gasteiger partial charge in [-0.3, -0.25) is 9.48 Å². The molecule has 5 nitrogen and oxygen atoms in total. The van der Waals surface area contributed by atoms with Crippen molar-refractivity contribution in [2.24, 2.45) is 7.05 Å². The standard InChI is InChI=1S/C12H15N3O2/c1-8-12(9-4-3-7-13-9)10(15(2)14-8)5-6-11(16)17/h3-4,7,13H,5-6H2,1-2H3,(H,16,17). The summed E-state index contributed by atoms with van der Waals surface area (Å²) in [6.45, 7) is 1.93. The lowest BCUT2D eigenvalue weighted by atomic mass is 10.1. The van der Waals surface area contributed by atoms with Crippen molar-refractivity contribution in [3.8, 4) is 11.3 Å². The first-order valence-electron chi connectivity index (χ1n) is 5.47. The van der Waals surface area contributed by atoms with Gasteiger partial charge in [0.2, 0.25) is 0 Å². The van der Waals surface area contributed by atoms with Gasteiger partial charge in [-0.25, -0.2) is 0 Å². The van der Waals surface area contributed by atoms with Crippen LogP contribution in [-0.2, 0) is 18.3 Å². The van der Waals surface area contributed by atoms with Gasteiger partial charge in [0.05, 0.1) is 12.1 Å². The third-order valence-electron chi connectivity index (χ3n) is 2.78. The van der Waals surface area contributed by atoms with Gasteiger partial charge in [-0.15, -0.1) is 0 Å². The molecule has 90 valence electrons. The molecular formula is C12H15N3O2. The van der Waals surface area contributed by atoms with Gasteiger partial charge in [0.1, 0.15) is 0 Å². The van der Waals surface area contributed by atoms with Crippen molar-refractivity contribution in [3.05, 3.63) is 29.7 Å². The molecule has 0 aliphatic carbocycles. The molecule has 2 N–H and O–H groups in total. The fourth-order valence-electron chi connectivity index (χ4n) is 2.05. The molecule has 0 saturated carbocycles. The summed E-state index contributed by atoms with van der Waals surface area (Å²) < 4.78 is 1.76. The number of aromatic amines is 1. The van der Waals surface area contributed by atoms with Gasteiger partial charge in [-0.05, 0) is 19.1 Å². The zero-order valence-corrected chi connectivity index (χ0v) is 9.90. The average molecular weight is 233 g/mol. The van der Waals surface area contributed by atoms with Crippen molar-refractivity contribution < 1.29 is 9.90 Å². The quantitative estimate of drug-likeness (QED) is 0.845. The van der Waals surface area contributed by atoms with Crippen molar-refractivity contribution in [1.29, 1.82) is 0 Å². The molecule has 0 fully saturated rings. The minimum Gasteiger partial charge on any atom is -0.481 e. The molecule has 0 saturated heterocycles. The lowest BCUT2D eigenvalue weighted by Crippen LogP contribution is -2.04. The van der Waals surface area contributed by atoms with E-state index in [0.29, 0.717) is 6.42 Å². The third-order valence-corrected chi connectivity index (χ3v) is 2.78. The van der Waals surface area contributed by atoms with Crippen LogP contribution in [0.2, 0.25) is 0 Å². The molecule has 2 aromatic heterocycles. The molecule has 0 aromatic carbocycles. The molecule has 2 heterocycles. The number of nitrogens with zero attached hydrogens (tertiary/aromatic N) is 2. The Bertz CT molecular complexity index is 526. The zero-order valence-electron chi connectivity index (χ0n) is 9.90. The highest BCUT2D eigenvalue weighted by atomic mass is 16.4. The van der Waals surface area contributed by atoms with Crippen LogP contribution < -0.4 is 0 Å². The number of carboxylic acid groups (broad SMARTS) is 1. The smallest absolute Gasteiger partial charge is 0.303 e. The van der Waals surface area contributed by atoms with Crippen LogP contribution >= 0.6 is 0 Å². The Hall–Kier alpha value is -2.04. The summed E-state index contributed by atoms with van der Waals surface area (Å²) >= 11 is 0. The Morgan fingerprint density at radius 3 is 2.94 bits per heavy atom. The van der Waals surface area contributed by atoms with Crippen molar-refractivity contribution in [2.75, 3.05) is 0 Å². The third kappa shape index (κ3) is 2.22. The summed E-state index contributed by atoms with van der Waals surface area (Å²) in [5, 5.41) is 13.1. The van der Waals surface area contributed by atoms with E-state index in [1.54, 1.807) is 4.68 Å². The molecule has 0 spiro atoms. The Balaban J connectivity index is 2.40. The number of aromatic nitrogens is 3. The molecule has 0 aliphatic heterocycles. The number of aliphatic carboxylic acids is 1. The summed E-state index contributed by atoms with van der Waals surface area (Å²) in [6, 6.07) is 3.89. The Morgan fingerprint density at radius 2 is 2.35 bits per heavy atom. The molecule has 0 bridgehead atoms. The average Bonchev–Trinajstić information content (AvgIpc) is 2.83. The maximum Gasteiger partial charge on any atom is 0.303 e. The van der Waals surface area contributed by atoms with Crippen molar-refractivity contribution in [2.45, 2.75) is 19.8 Å². The Kier molecular flexibility index (Phi) is 2.99. The van der Waals surface area contributed by atoms with Gasteiger partial charge < -0.3 is 10.1 Å². The summed E-state index contributed by atoms with van der Waals surface area (Å²) in [7, 11) is 1.84. The first-order chi connectivity index (χ1) is 8.09. The maximum absolute atomic E-state index is 10.7. The van der Waals surface area contributed by atoms with Gasteiger partial charge >= 0.3 is 5.97 Å². The molecule has 2 rings (SSSR count). The van der Waals surface area contributed by atoms with E-state index >= 15 is 0 Å². The SMILES string of the molecule is Cc1nn(C)c(CCC(=O)O)c1-c1ccc[nH]1. The highest BCUT2D eigenvalue weighted by Crippen LogP contribution is 2.26. The summed E-state index contributed by atoms with van der Waals surface area (Å²) in [5.74, 6) is -0.790. The van der Waals surface area contributed by atoms with E-state index in [1.165, 1.54) is 0 Å². The fourth-order valence-corrected chi connectivity index (χ4v) is 2.05. The fraction of sp³-hybridized carbons (Fsp3) is 0.333. The topological polar surface area (TPSA) is 70.9 Å². The number of hydrogen-bond acceptors (Lipinski definition) is 2. The normalized spacial score (nSPS) is 10.7.